The zero-order valence-corrected chi connectivity index (χ0v) is 17.1. The highest BCUT2D eigenvalue weighted by Gasteiger charge is 2.26. The summed E-state index contributed by atoms with van der Waals surface area (Å²) in [4.78, 5) is 23.3. The molecule has 0 bridgehead atoms. The van der Waals surface area contributed by atoms with Crippen molar-refractivity contribution in [3.8, 4) is 0 Å². The highest BCUT2D eigenvalue weighted by molar-refractivity contribution is 7.96. The first-order valence-corrected chi connectivity index (χ1v) is 10.7. The minimum atomic E-state index is -4.23. The van der Waals surface area contributed by atoms with Crippen LogP contribution in [-0.2, 0) is 10.0 Å². The van der Waals surface area contributed by atoms with E-state index >= 15 is 4.39 Å². The molecule has 0 spiro atoms. The number of benzene rings is 1. The molecule has 0 saturated carbocycles. The highest BCUT2D eigenvalue weighted by atomic mass is 35.5. The van der Waals surface area contributed by atoms with Crippen LogP contribution in [0.15, 0.2) is 58.8 Å². The Hall–Kier alpha value is -3.37. The maximum Gasteiger partial charge on any atom is 0.263 e. The lowest BCUT2D eigenvalue weighted by atomic mass is 10.0. The van der Waals surface area contributed by atoms with Gasteiger partial charge in [-0.2, -0.15) is 0 Å². The van der Waals surface area contributed by atoms with Crippen molar-refractivity contribution in [1.29, 1.82) is 0 Å². The van der Waals surface area contributed by atoms with Crippen LogP contribution in [0.4, 0.5) is 14.5 Å². The van der Waals surface area contributed by atoms with Crippen LogP contribution in [-0.4, -0.2) is 30.4 Å². The van der Waals surface area contributed by atoms with E-state index in [1.165, 1.54) is 30.8 Å². The van der Waals surface area contributed by atoms with Crippen molar-refractivity contribution >= 4 is 50.3 Å². The number of nitrogens with one attached hydrogen (secondary N) is 2. The van der Waals surface area contributed by atoms with Crippen molar-refractivity contribution in [2.45, 2.75) is 6.42 Å². The molecule has 0 aliphatic carbocycles. The van der Waals surface area contributed by atoms with Crippen LogP contribution < -0.4 is 4.72 Å². The maximum absolute atomic E-state index is 15.1. The molecular weight excluding hydrogens is 450 g/mol. The maximum atomic E-state index is 15.1. The molecule has 0 atom stereocenters. The summed E-state index contributed by atoms with van der Waals surface area (Å²) in [6, 6.07) is 3.14. The quantitative estimate of drug-likeness (QED) is 0.550. The van der Waals surface area contributed by atoms with Crippen LogP contribution in [0.1, 0.15) is 22.3 Å². The lowest BCUT2D eigenvalue weighted by molar-refractivity contribution is 0.103. The molecule has 2 aromatic heterocycles. The first kappa shape index (κ1) is 20.9. The van der Waals surface area contributed by atoms with Gasteiger partial charge in [0, 0.05) is 42.2 Å². The summed E-state index contributed by atoms with van der Waals surface area (Å²) in [5.74, 6) is -3.49. The van der Waals surface area contributed by atoms with Gasteiger partial charge in [-0.1, -0.05) is 17.7 Å². The minimum absolute atomic E-state index is 0.0634. The predicted octanol–water partition coefficient (Wildman–Crippen LogP) is 4.34. The number of aromatic nitrogens is 2. The third-order valence-corrected chi connectivity index (χ3v) is 6.00. The van der Waals surface area contributed by atoms with Gasteiger partial charge in [0.1, 0.15) is 16.4 Å². The van der Waals surface area contributed by atoms with Crippen LogP contribution in [0, 0.1) is 11.6 Å². The molecular formula is C20H13ClF2N4O3S. The van der Waals surface area contributed by atoms with Crippen molar-refractivity contribution < 1.29 is 22.0 Å². The van der Waals surface area contributed by atoms with Gasteiger partial charge in [0.05, 0.1) is 16.3 Å². The first-order valence-electron chi connectivity index (χ1n) is 8.84. The molecule has 31 heavy (non-hydrogen) atoms. The third kappa shape index (κ3) is 3.99. The normalized spacial score (nSPS) is 13.8. The number of hydrogen-bond donors (Lipinski definition) is 2. The Balaban J connectivity index is 1.76. The Morgan fingerprint density at radius 3 is 2.87 bits per heavy atom. The van der Waals surface area contributed by atoms with Crippen molar-refractivity contribution in [1.82, 2.24) is 9.97 Å². The fraction of sp³-hybridized carbons (Fsp3) is 0.0500. The number of anilines is 1. The lowest BCUT2D eigenvalue weighted by Gasteiger charge is -2.12. The predicted molar refractivity (Wildman–Crippen MR) is 114 cm³/mol. The Labute approximate surface area is 180 Å². The number of fused-ring (bicyclic) bond motifs is 1. The molecule has 0 amide bonds. The van der Waals surface area contributed by atoms with E-state index in [9.17, 15) is 17.6 Å². The zero-order valence-electron chi connectivity index (χ0n) is 15.6. The van der Waals surface area contributed by atoms with Crippen LogP contribution in [0.25, 0.3) is 11.0 Å². The second-order valence-corrected chi connectivity index (χ2v) is 8.59. The lowest BCUT2D eigenvalue weighted by Crippen LogP contribution is -2.17. The molecule has 3 heterocycles. The van der Waals surface area contributed by atoms with Crippen molar-refractivity contribution in [3.05, 3.63) is 81.6 Å². The first-order chi connectivity index (χ1) is 14.8. The van der Waals surface area contributed by atoms with E-state index in [2.05, 4.69) is 15.0 Å². The molecule has 3 aromatic rings. The van der Waals surface area contributed by atoms with Gasteiger partial charge in [-0.25, -0.2) is 22.2 Å². The van der Waals surface area contributed by atoms with E-state index in [-0.39, 0.29) is 20.9 Å². The molecule has 7 nitrogen and oxygen atoms in total. The number of rotatable bonds is 5. The van der Waals surface area contributed by atoms with E-state index in [1.54, 1.807) is 6.08 Å². The van der Waals surface area contributed by atoms with Gasteiger partial charge in [-0.15, -0.1) is 0 Å². The van der Waals surface area contributed by atoms with Gasteiger partial charge in [-0.3, -0.25) is 14.5 Å². The topological polar surface area (TPSA) is 104 Å². The minimum Gasteiger partial charge on any atom is -0.345 e. The number of aliphatic imine (C=N–C) groups is 1. The number of pyridine rings is 1. The van der Waals surface area contributed by atoms with Gasteiger partial charge in [0.25, 0.3) is 10.0 Å². The van der Waals surface area contributed by atoms with Crippen LogP contribution in [0.2, 0.25) is 5.02 Å². The molecule has 1 aliphatic heterocycles. The van der Waals surface area contributed by atoms with Crippen molar-refractivity contribution in [3.63, 3.8) is 0 Å². The summed E-state index contributed by atoms with van der Waals surface area (Å²) in [5, 5.41) is 0.505. The standard InChI is InChI=1S/C20H13ClF2N4O3S/c21-11-7-13-14(10-26-20(13)25-8-11)19(28)17-15(22)4-5-16(18(17)23)27-31(29,30)12-3-1-2-6-24-9-12/h1,3-10,27H,2H2,(H,25,26). The summed E-state index contributed by atoms with van der Waals surface area (Å²) in [5.41, 5.74) is -1.25. The van der Waals surface area contributed by atoms with Gasteiger partial charge >= 0.3 is 0 Å². The summed E-state index contributed by atoms with van der Waals surface area (Å²) >= 11 is 5.91. The zero-order chi connectivity index (χ0) is 22.2. The number of allylic oxidation sites excluding steroid dienone is 2. The van der Waals surface area contributed by atoms with E-state index < -0.39 is 38.7 Å². The Morgan fingerprint density at radius 1 is 1.26 bits per heavy atom. The molecule has 0 radical (unpaired) electrons. The number of ketones is 1. The molecule has 4 rings (SSSR count). The van der Waals surface area contributed by atoms with Crippen molar-refractivity contribution in [2.24, 2.45) is 4.99 Å². The molecule has 0 saturated heterocycles. The van der Waals surface area contributed by atoms with E-state index in [1.807, 2.05) is 4.72 Å². The van der Waals surface area contributed by atoms with Crippen LogP contribution in [0.5, 0.6) is 0 Å². The number of halogens is 3. The fourth-order valence-corrected chi connectivity index (χ4v) is 4.18. The molecule has 2 N–H and O–H groups in total. The van der Waals surface area contributed by atoms with E-state index in [4.69, 9.17) is 11.6 Å². The molecule has 0 fully saturated rings. The molecule has 158 valence electrons. The fourth-order valence-electron chi connectivity index (χ4n) is 2.98. The van der Waals surface area contributed by atoms with Crippen molar-refractivity contribution in [2.75, 3.05) is 4.72 Å². The molecule has 1 aliphatic rings. The average molecular weight is 463 g/mol. The summed E-state index contributed by atoms with van der Waals surface area (Å²) in [6.45, 7) is 0. The Bertz CT molecular complexity index is 1410. The smallest absolute Gasteiger partial charge is 0.263 e. The average Bonchev–Trinajstić information content (AvgIpc) is 2.94. The Kier molecular flexibility index (Phi) is 5.42. The van der Waals surface area contributed by atoms with Gasteiger partial charge in [0.2, 0.25) is 5.78 Å². The van der Waals surface area contributed by atoms with Gasteiger partial charge in [0.15, 0.2) is 5.82 Å². The van der Waals surface area contributed by atoms with Crippen LogP contribution in [0.3, 0.4) is 0 Å². The number of carbonyl (C=O) groups excluding carboxylic acids is 1. The van der Waals surface area contributed by atoms with Crippen LogP contribution >= 0.6 is 11.6 Å². The molecule has 1 aromatic carbocycles. The number of aromatic amines is 1. The summed E-state index contributed by atoms with van der Waals surface area (Å²) in [7, 11) is -4.23. The SMILES string of the molecule is O=C(c1c(F)ccc(NS(=O)(=O)C2=CN=CCC=C2)c1F)c1c[nH]c2ncc(Cl)cc12. The summed E-state index contributed by atoms with van der Waals surface area (Å²) < 4.78 is 56.8. The number of nitrogens with zero attached hydrogens (tertiary/aromatic N) is 2. The molecule has 0 unspecified atom stereocenters. The number of sulfonamides is 1. The largest absolute Gasteiger partial charge is 0.345 e. The van der Waals surface area contributed by atoms with E-state index in [0.29, 0.717) is 12.1 Å². The number of carbonyl (C=O) groups is 1. The second-order valence-electron chi connectivity index (χ2n) is 6.47. The Morgan fingerprint density at radius 2 is 2.06 bits per heavy atom. The monoisotopic (exact) mass is 462 g/mol. The highest BCUT2D eigenvalue weighted by Crippen LogP contribution is 2.29. The molecule has 11 heteroatoms. The number of hydrogen-bond acceptors (Lipinski definition) is 5. The third-order valence-electron chi connectivity index (χ3n) is 4.45. The van der Waals surface area contributed by atoms with Gasteiger partial charge in [-0.05, 0) is 24.3 Å². The number of H-pyrrole nitrogens is 1. The van der Waals surface area contributed by atoms with Gasteiger partial charge < -0.3 is 4.98 Å². The van der Waals surface area contributed by atoms with E-state index in [0.717, 1.165) is 18.3 Å². The second kappa shape index (κ2) is 8.05. The summed E-state index contributed by atoms with van der Waals surface area (Å²) in [6.07, 6.45) is 8.51.